The fourth-order valence-electron chi connectivity index (χ4n) is 5.48. The first kappa shape index (κ1) is 30.5. The van der Waals surface area contributed by atoms with Crippen LogP contribution in [0.3, 0.4) is 0 Å². The van der Waals surface area contributed by atoms with Gasteiger partial charge in [-0.2, -0.15) is 4.57 Å². The smallest absolute Gasteiger partial charge is 0.456 e. The van der Waals surface area contributed by atoms with Gasteiger partial charge in [-0.05, 0) is 59.3 Å². The first-order valence-corrected chi connectivity index (χ1v) is 15.6. The van der Waals surface area contributed by atoms with E-state index in [9.17, 15) is 24.3 Å². The zero-order chi connectivity index (χ0) is 32.4. The molecule has 1 saturated heterocycles. The molecule has 0 aliphatic carbocycles. The van der Waals surface area contributed by atoms with Crippen LogP contribution in [0.25, 0.3) is 0 Å². The molecule has 1 aromatic heterocycles. The zero-order valence-electron chi connectivity index (χ0n) is 24.5. The Kier molecular flexibility index (Phi) is 8.24. The predicted molar refractivity (Wildman–Crippen MR) is 159 cm³/mol. The fourth-order valence-corrected chi connectivity index (χ4v) is 6.85. The Labute approximate surface area is 262 Å². The number of phosphoric acid groups is 1. The van der Waals surface area contributed by atoms with Gasteiger partial charge in [-0.1, -0.05) is 43.3 Å². The average Bonchev–Trinajstić information content (AvgIpc) is 3.67. The molecule has 0 N–H and O–H groups in total. The summed E-state index contributed by atoms with van der Waals surface area (Å²) >= 11 is 0. The number of tetrazole rings is 1. The molecule has 0 radical (unpaired) electrons. The first-order chi connectivity index (χ1) is 22.1. The van der Waals surface area contributed by atoms with Gasteiger partial charge in [0.05, 0.1) is 22.9 Å². The molecule has 1 fully saturated rings. The number of benzene rings is 3. The number of nitro groups is 1. The van der Waals surface area contributed by atoms with Gasteiger partial charge < -0.3 is 18.3 Å². The zero-order valence-corrected chi connectivity index (χ0v) is 25.4. The second-order valence-corrected chi connectivity index (χ2v) is 12.0. The number of phosphoric ester groups is 1. The molecule has 16 heteroatoms. The third-order valence-corrected chi connectivity index (χ3v) is 9.02. The van der Waals surface area contributed by atoms with E-state index in [1.165, 1.54) is 40.2 Å². The van der Waals surface area contributed by atoms with Crippen LogP contribution in [0.15, 0.2) is 103 Å². The number of β-lactam (4-membered cyclic amide) rings is 1. The Morgan fingerprint density at radius 3 is 2.13 bits per heavy atom. The average molecular weight is 647 g/mol. The molecule has 3 aromatic carbocycles. The highest BCUT2D eigenvalue weighted by molar-refractivity contribution is 7.49. The van der Waals surface area contributed by atoms with Gasteiger partial charge in [-0.3, -0.25) is 19.8 Å². The van der Waals surface area contributed by atoms with Crippen molar-refractivity contribution >= 4 is 25.4 Å². The number of hydrogen-bond donors (Lipinski definition) is 0. The molecule has 0 saturated carbocycles. The number of nitro benzene ring substituents is 1. The molecule has 4 atom stereocenters. The number of para-hydroxylation sites is 2. The van der Waals surface area contributed by atoms with Crippen LogP contribution in [0.4, 0.5) is 5.69 Å². The van der Waals surface area contributed by atoms with Gasteiger partial charge >= 0.3 is 13.8 Å². The summed E-state index contributed by atoms with van der Waals surface area (Å²) in [6.07, 6.45) is 1.39. The second-order valence-electron chi connectivity index (χ2n) is 10.6. The van der Waals surface area contributed by atoms with E-state index in [4.69, 9.17) is 18.3 Å². The van der Waals surface area contributed by atoms with Crippen LogP contribution in [-0.2, 0) is 30.0 Å². The lowest BCUT2D eigenvalue weighted by molar-refractivity contribution is -0.384. The van der Waals surface area contributed by atoms with Gasteiger partial charge in [-0.15, -0.1) is 5.10 Å². The lowest BCUT2D eigenvalue weighted by Gasteiger charge is -2.47. The molecule has 2 aliphatic heterocycles. The number of esters is 1. The van der Waals surface area contributed by atoms with Crippen molar-refractivity contribution in [2.75, 3.05) is 0 Å². The molecule has 6 rings (SSSR count). The Morgan fingerprint density at radius 2 is 1.59 bits per heavy atom. The largest absolute Gasteiger partial charge is 0.646 e. The summed E-state index contributed by atoms with van der Waals surface area (Å²) in [4.78, 5) is 39.1. The third kappa shape index (κ3) is 5.92. The van der Waals surface area contributed by atoms with E-state index in [0.29, 0.717) is 5.56 Å². The Morgan fingerprint density at radius 1 is 0.978 bits per heavy atom. The van der Waals surface area contributed by atoms with Crippen molar-refractivity contribution in [3.8, 4) is 11.5 Å². The molecule has 2 aliphatic rings. The number of fused-ring (bicyclic) bond motifs is 1. The van der Waals surface area contributed by atoms with Crippen LogP contribution in [0.1, 0.15) is 25.5 Å². The van der Waals surface area contributed by atoms with Crippen molar-refractivity contribution in [3.63, 3.8) is 0 Å². The SMILES string of the molecule is CC1C(OP(=O)(Oc2ccccc2)Oc2ccccc2)=C(C(=O)OCc2ccc([N+](=O)[O-])cc2)N2C(=O)C([C@@H](C)n3cnnn3)C12. The number of aromatic nitrogens is 4. The highest BCUT2D eigenvalue weighted by atomic mass is 31.2. The summed E-state index contributed by atoms with van der Waals surface area (Å²) in [5, 5.41) is 22.3. The van der Waals surface area contributed by atoms with E-state index in [2.05, 4.69) is 15.5 Å². The van der Waals surface area contributed by atoms with E-state index in [0.717, 1.165) is 0 Å². The lowest BCUT2D eigenvalue weighted by atomic mass is 9.78. The number of non-ortho nitro benzene ring substituents is 1. The minimum absolute atomic E-state index is 0.117. The molecule has 0 bridgehead atoms. The van der Waals surface area contributed by atoms with Crippen molar-refractivity contribution in [1.29, 1.82) is 0 Å². The molecule has 46 heavy (non-hydrogen) atoms. The molecular formula is C30H27N6O9P. The molecule has 15 nitrogen and oxygen atoms in total. The van der Waals surface area contributed by atoms with Crippen molar-refractivity contribution < 1.29 is 37.4 Å². The van der Waals surface area contributed by atoms with Crippen LogP contribution in [0, 0.1) is 22.0 Å². The van der Waals surface area contributed by atoms with Crippen LogP contribution >= 0.6 is 7.82 Å². The van der Waals surface area contributed by atoms with E-state index < -0.39 is 48.5 Å². The third-order valence-electron chi connectivity index (χ3n) is 7.73. The number of ether oxygens (including phenoxy) is 1. The van der Waals surface area contributed by atoms with Gasteiger partial charge in [0, 0.05) is 18.1 Å². The highest BCUT2D eigenvalue weighted by Crippen LogP contribution is 2.57. The van der Waals surface area contributed by atoms with Crippen molar-refractivity contribution in [2.24, 2.45) is 11.8 Å². The molecule has 3 unspecified atom stereocenters. The van der Waals surface area contributed by atoms with E-state index in [1.54, 1.807) is 74.5 Å². The number of nitrogens with zero attached hydrogens (tertiary/aromatic N) is 6. The Balaban J connectivity index is 1.34. The van der Waals surface area contributed by atoms with Gasteiger partial charge in [-0.25, -0.2) is 9.48 Å². The van der Waals surface area contributed by atoms with E-state index >= 15 is 0 Å². The summed E-state index contributed by atoms with van der Waals surface area (Å²) < 4.78 is 39.0. The maximum Gasteiger partial charge on any atom is 0.646 e. The molecule has 236 valence electrons. The van der Waals surface area contributed by atoms with E-state index in [-0.39, 0.29) is 35.2 Å². The summed E-state index contributed by atoms with van der Waals surface area (Å²) in [6.45, 7) is 3.24. The van der Waals surface area contributed by atoms with Crippen LogP contribution in [0.2, 0.25) is 0 Å². The Hall–Kier alpha value is -5.56. The second kappa shape index (κ2) is 12.4. The number of carbonyl (C=O) groups excluding carboxylic acids is 2. The fraction of sp³-hybridized carbons (Fsp3) is 0.233. The Bertz CT molecular complexity index is 1780. The molecular weight excluding hydrogens is 619 g/mol. The maximum absolute atomic E-state index is 14.4. The van der Waals surface area contributed by atoms with Crippen LogP contribution in [0.5, 0.6) is 11.5 Å². The molecule has 3 heterocycles. The van der Waals surface area contributed by atoms with Gasteiger partial charge in [0.1, 0.15) is 30.2 Å². The normalized spacial score (nSPS) is 19.6. The number of hydrogen-bond acceptors (Lipinski definition) is 12. The van der Waals surface area contributed by atoms with Crippen molar-refractivity contribution in [3.05, 3.63) is 118 Å². The minimum Gasteiger partial charge on any atom is -0.456 e. The van der Waals surface area contributed by atoms with E-state index in [1.807, 2.05) is 0 Å². The molecule has 1 amide bonds. The van der Waals surface area contributed by atoms with Gasteiger partial charge in [0.15, 0.2) is 5.70 Å². The summed E-state index contributed by atoms with van der Waals surface area (Å²) in [5.74, 6) is -2.44. The minimum atomic E-state index is -4.56. The number of carbonyl (C=O) groups is 2. The first-order valence-electron chi connectivity index (χ1n) is 14.1. The van der Waals surface area contributed by atoms with Crippen molar-refractivity contribution in [1.82, 2.24) is 25.1 Å². The number of amides is 1. The van der Waals surface area contributed by atoms with Crippen LogP contribution in [-0.4, -0.2) is 47.9 Å². The lowest BCUT2D eigenvalue weighted by Crippen LogP contribution is -2.62. The van der Waals surface area contributed by atoms with Crippen molar-refractivity contribution in [2.45, 2.75) is 32.5 Å². The maximum atomic E-state index is 14.4. The summed E-state index contributed by atoms with van der Waals surface area (Å²) in [7, 11) is -4.56. The quantitative estimate of drug-likeness (QED) is 0.0672. The summed E-state index contributed by atoms with van der Waals surface area (Å²) in [6, 6.07) is 20.8. The highest BCUT2D eigenvalue weighted by Gasteiger charge is 2.62. The predicted octanol–water partition coefficient (Wildman–Crippen LogP) is 4.86. The van der Waals surface area contributed by atoms with Gasteiger partial charge in [0.2, 0.25) is 5.91 Å². The summed E-state index contributed by atoms with van der Waals surface area (Å²) in [5.41, 5.74) is 0.0933. The number of rotatable bonds is 12. The van der Waals surface area contributed by atoms with Crippen LogP contribution < -0.4 is 9.05 Å². The van der Waals surface area contributed by atoms with Gasteiger partial charge in [0.25, 0.3) is 5.69 Å². The molecule has 4 aromatic rings. The topological polar surface area (TPSA) is 178 Å². The standard InChI is InChI=1S/C30H27N6O9P/c1-19-26-25(20(2)34-18-31-32-33-34)29(37)35(26)27(30(38)42-17-21-13-15-22(16-14-21)36(39)40)28(19)45-46(41,43-23-9-5-3-6-10-23)44-24-11-7-4-8-12-24/h3-16,18-20,25-26H,17H2,1-2H3/t19?,20-,25?,26?/m1/s1. The molecule has 0 spiro atoms. The monoisotopic (exact) mass is 646 g/mol.